The lowest BCUT2D eigenvalue weighted by atomic mass is 10.1. The zero-order chi connectivity index (χ0) is 10.8. The first kappa shape index (κ1) is 10.3. The van der Waals surface area contributed by atoms with Gasteiger partial charge in [-0.2, -0.15) is 0 Å². The van der Waals surface area contributed by atoms with Crippen LogP contribution in [-0.4, -0.2) is 19.8 Å². The number of hydrogen-bond acceptors (Lipinski definition) is 3. The largest absolute Gasteiger partial charge is 0.493 e. The first-order valence-corrected chi connectivity index (χ1v) is 5.32. The summed E-state index contributed by atoms with van der Waals surface area (Å²) in [5, 5.41) is 0. The minimum absolute atomic E-state index is 0.327. The summed E-state index contributed by atoms with van der Waals surface area (Å²) in [5.74, 6) is 2.11. The molecule has 1 saturated carbocycles. The minimum atomic E-state index is 0.327. The molecule has 2 unspecified atom stereocenters. The highest BCUT2D eigenvalue weighted by atomic mass is 16.5. The average Bonchev–Trinajstić information content (AvgIpc) is 2.96. The van der Waals surface area contributed by atoms with Crippen LogP contribution in [0.25, 0.3) is 0 Å². The highest BCUT2D eigenvalue weighted by Gasteiger charge is 2.35. The number of rotatable bonds is 4. The van der Waals surface area contributed by atoms with Gasteiger partial charge in [0.05, 0.1) is 13.7 Å². The zero-order valence-electron chi connectivity index (χ0n) is 9.19. The van der Waals surface area contributed by atoms with Gasteiger partial charge in [0.25, 0.3) is 0 Å². The molecule has 2 rings (SSSR count). The molecule has 1 aliphatic rings. The summed E-state index contributed by atoms with van der Waals surface area (Å²) in [5.41, 5.74) is 7.08. The summed E-state index contributed by atoms with van der Waals surface area (Å²) >= 11 is 0. The van der Waals surface area contributed by atoms with Crippen LogP contribution in [0.2, 0.25) is 0 Å². The predicted octanol–water partition coefficient (Wildman–Crippen LogP) is 1.91. The van der Waals surface area contributed by atoms with Gasteiger partial charge in [-0.1, -0.05) is 6.07 Å². The molecule has 82 valence electrons. The molecule has 0 bridgehead atoms. The first-order valence-electron chi connectivity index (χ1n) is 5.32. The van der Waals surface area contributed by atoms with Crippen molar-refractivity contribution < 1.29 is 9.47 Å². The van der Waals surface area contributed by atoms with Crippen molar-refractivity contribution in [1.82, 2.24) is 0 Å². The third-order valence-electron chi connectivity index (χ3n) is 2.76. The minimum Gasteiger partial charge on any atom is -0.493 e. The summed E-state index contributed by atoms with van der Waals surface area (Å²) in [4.78, 5) is 0. The third-order valence-corrected chi connectivity index (χ3v) is 2.76. The summed E-state index contributed by atoms with van der Waals surface area (Å²) in [6, 6.07) is 6.39. The van der Waals surface area contributed by atoms with E-state index in [1.165, 1.54) is 5.56 Å². The van der Waals surface area contributed by atoms with Crippen LogP contribution in [0, 0.1) is 0 Å². The molecule has 3 nitrogen and oxygen atoms in total. The van der Waals surface area contributed by atoms with E-state index in [-0.39, 0.29) is 0 Å². The Morgan fingerprint density at radius 3 is 2.67 bits per heavy atom. The third kappa shape index (κ3) is 2.07. The second-order valence-electron chi connectivity index (χ2n) is 3.85. The molecule has 0 saturated heterocycles. The quantitative estimate of drug-likeness (QED) is 0.820. The maximum Gasteiger partial charge on any atom is 0.161 e. The van der Waals surface area contributed by atoms with E-state index >= 15 is 0 Å². The summed E-state index contributed by atoms with van der Waals surface area (Å²) in [6.07, 6.45) is 1.08. The Labute approximate surface area is 90.2 Å². The standard InChI is InChI=1S/C12H17NO2/c1-3-15-12-6-8(9-7-10(9)13)4-5-11(12)14-2/h4-6,9-10H,3,7,13H2,1-2H3. The molecule has 0 aromatic heterocycles. The Bertz CT molecular complexity index is 351. The molecule has 1 fully saturated rings. The van der Waals surface area contributed by atoms with E-state index in [1.54, 1.807) is 7.11 Å². The first-order chi connectivity index (χ1) is 7.26. The van der Waals surface area contributed by atoms with Crippen molar-refractivity contribution >= 4 is 0 Å². The Balaban J connectivity index is 2.24. The number of hydrogen-bond donors (Lipinski definition) is 1. The molecule has 0 heterocycles. The van der Waals surface area contributed by atoms with E-state index in [4.69, 9.17) is 15.2 Å². The van der Waals surface area contributed by atoms with Crippen LogP contribution in [0.3, 0.4) is 0 Å². The zero-order valence-corrected chi connectivity index (χ0v) is 9.19. The van der Waals surface area contributed by atoms with Gasteiger partial charge in [-0.15, -0.1) is 0 Å². The molecule has 2 N–H and O–H groups in total. The molecule has 1 aromatic carbocycles. The van der Waals surface area contributed by atoms with Crippen molar-refractivity contribution in [3.05, 3.63) is 23.8 Å². The molecule has 1 aromatic rings. The van der Waals surface area contributed by atoms with E-state index in [9.17, 15) is 0 Å². The fraction of sp³-hybridized carbons (Fsp3) is 0.500. The van der Waals surface area contributed by atoms with Gasteiger partial charge in [0.15, 0.2) is 11.5 Å². The predicted molar refractivity (Wildman–Crippen MR) is 59.5 cm³/mol. The Hall–Kier alpha value is -1.22. The van der Waals surface area contributed by atoms with E-state index in [1.807, 2.05) is 19.1 Å². The molecule has 0 spiro atoms. The molecule has 0 aliphatic heterocycles. The fourth-order valence-electron chi connectivity index (χ4n) is 1.79. The van der Waals surface area contributed by atoms with Gasteiger partial charge in [0, 0.05) is 12.0 Å². The molecular weight excluding hydrogens is 190 g/mol. The van der Waals surface area contributed by atoms with Crippen LogP contribution in [0.1, 0.15) is 24.8 Å². The molecule has 0 amide bonds. The van der Waals surface area contributed by atoms with Crippen LogP contribution >= 0.6 is 0 Å². The maximum absolute atomic E-state index is 5.82. The van der Waals surface area contributed by atoms with Gasteiger partial charge < -0.3 is 15.2 Å². The van der Waals surface area contributed by atoms with Crippen LogP contribution < -0.4 is 15.2 Å². The van der Waals surface area contributed by atoms with Crippen molar-refractivity contribution in [1.29, 1.82) is 0 Å². The van der Waals surface area contributed by atoms with Gasteiger partial charge in [-0.05, 0) is 31.0 Å². The van der Waals surface area contributed by atoms with Gasteiger partial charge in [0.2, 0.25) is 0 Å². The monoisotopic (exact) mass is 207 g/mol. The second-order valence-corrected chi connectivity index (χ2v) is 3.85. The number of nitrogens with two attached hydrogens (primary N) is 1. The molecule has 0 radical (unpaired) electrons. The van der Waals surface area contributed by atoms with Gasteiger partial charge in [-0.25, -0.2) is 0 Å². The van der Waals surface area contributed by atoms with Gasteiger partial charge in [0.1, 0.15) is 0 Å². The van der Waals surface area contributed by atoms with Gasteiger partial charge >= 0.3 is 0 Å². The van der Waals surface area contributed by atoms with Crippen LogP contribution in [0.15, 0.2) is 18.2 Å². The van der Waals surface area contributed by atoms with Crippen LogP contribution in [0.4, 0.5) is 0 Å². The smallest absolute Gasteiger partial charge is 0.161 e. The Morgan fingerprint density at radius 1 is 1.40 bits per heavy atom. The lowest BCUT2D eigenvalue weighted by Crippen LogP contribution is -2.02. The molecule has 1 aliphatic carbocycles. The number of ether oxygens (including phenoxy) is 2. The summed E-state index contributed by atoms with van der Waals surface area (Å²) < 4.78 is 10.7. The van der Waals surface area contributed by atoms with Crippen molar-refractivity contribution in [3.8, 4) is 11.5 Å². The highest BCUT2D eigenvalue weighted by molar-refractivity contribution is 5.45. The number of benzene rings is 1. The highest BCUT2D eigenvalue weighted by Crippen LogP contribution is 2.42. The second kappa shape index (κ2) is 4.11. The molecular formula is C12H17NO2. The lowest BCUT2D eigenvalue weighted by Gasteiger charge is -2.10. The topological polar surface area (TPSA) is 44.5 Å². The van der Waals surface area contributed by atoms with E-state index in [0.29, 0.717) is 18.6 Å². The van der Waals surface area contributed by atoms with E-state index < -0.39 is 0 Å². The van der Waals surface area contributed by atoms with Crippen molar-refractivity contribution in [2.24, 2.45) is 5.73 Å². The maximum atomic E-state index is 5.82. The molecule has 3 heteroatoms. The van der Waals surface area contributed by atoms with Crippen molar-refractivity contribution in [2.75, 3.05) is 13.7 Å². The Kier molecular flexibility index (Phi) is 2.82. The molecule has 15 heavy (non-hydrogen) atoms. The van der Waals surface area contributed by atoms with Crippen molar-refractivity contribution in [2.45, 2.75) is 25.3 Å². The Morgan fingerprint density at radius 2 is 2.13 bits per heavy atom. The molecule has 2 atom stereocenters. The SMILES string of the molecule is CCOc1cc(C2CC2N)ccc1OC. The van der Waals surface area contributed by atoms with E-state index in [0.717, 1.165) is 17.9 Å². The van der Waals surface area contributed by atoms with Crippen LogP contribution in [-0.2, 0) is 0 Å². The van der Waals surface area contributed by atoms with Crippen molar-refractivity contribution in [3.63, 3.8) is 0 Å². The van der Waals surface area contributed by atoms with Crippen LogP contribution in [0.5, 0.6) is 11.5 Å². The van der Waals surface area contributed by atoms with E-state index in [2.05, 4.69) is 6.07 Å². The summed E-state index contributed by atoms with van der Waals surface area (Å²) in [7, 11) is 1.65. The van der Waals surface area contributed by atoms with Gasteiger partial charge in [-0.3, -0.25) is 0 Å². The number of methoxy groups -OCH3 is 1. The fourth-order valence-corrected chi connectivity index (χ4v) is 1.79. The lowest BCUT2D eigenvalue weighted by molar-refractivity contribution is 0.310. The average molecular weight is 207 g/mol. The normalized spacial score (nSPS) is 23.7. The summed E-state index contributed by atoms with van der Waals surface area (Å²) in [6.45, 7) is 2.62.